The van der Waals surface area contributed by atoms with E-state index in [4.69, 9.17) is 4.74 Å². The summed E-state index contributed by atoms with van der Waals surface area (Å²) >= 11 is 0. The fourth-order valence-electron chi connectivity index (χ4n) is 3.51. The normalized spacial score (nSPS) is 23.5. The molecule has 25 heavy (non-hydrogen) atoms. The zero-order chi connectivity index (χ0) is 17.6. The molecule has 6 heteroatoms. The lowest BCUT2D eigenvalue weighted by Crippen LogP contribution is -2.54. The van der Waals surface area contributed by atoms with Crippen molar-refractivity contribution in [2.24, 2.45) is 0 Å². The fourth-order valence-corrected chi connectivity index (χ4v) is 3.51. The Bertz CT molecular complexity index is 552. The first-order valence-electron chi connectivity index (χ1n) is 9.22. The molecule has 2 fully saturated rings. The predicted molar refractivity (Wildman–Crippen MR) is 94.7 cm³/mol. The number of hydrogen-bond acceptors (Lipinski definition) is 4. The first-order chi connectivity index (χ1) is 12.1. The zero-order valence-corrected chi connectivity index (χ0v) is 14.9. The first-order valence-corrected chi connectivity index (χ1v) is 9.22. The molecule has 0 bridgehead atoms. The van der Waals surface area contributed by atoms with Gasteiger partial charge in [-0.15, -0.1) is 0 Å². The molecule has 1 aromatic rings. The lowest BCUT2D eigenvalue weighted by molar-refractivity contribution is -0.126. The van der Waals surface area contributed by atoms with Gasteiger partial charge in [-0.05, 0) is 37.5 Å². The highest BCUT2D eigenvalue weighted by atomic mass is 19.1. The van der Waals surface area contributed by atoms with E-state index < -0.39 is 0 Å². The Labute approximate surface area is 149 Å². The monoisotopic (exact) mass is 349 g/mol. The minimum atomic E-state index is -0.260. The number of benzene rings is 1. The maximum atomic E-state index is 12.9. The Morgan fingerprint density at radius 1 is 1.28 bits per heavy atom. The van der Waals surface area contributed by atoms with Crippen LogP contribution in [-0.4, -0.2) is 67.2 Å². The quantitative estimate of drug-likeness (QED) is 0.848. The van der Waals surface area contributed by atoms with Crippen LogP contribution >= 0.6 is 0 Å². The predicted octanol–water partition coefficient (Wildman–Crippen LogP) is 1.63. The van der Waals surface area contributed by atoms with Gasteiger partial charge < -0.3 is 10.1 Å². The van der Waals surface area contributed by atoms with Crippen LogP contribution in [0.25, 0.3) is 0 Å². The van der Waals surface area contributed by atoms with Crippen molar-refractivity contribution in [3.05, 3.63) is 35.6 Å². The summed E-state index contributed by atoms with van der Waals surface area (Å²) in [5.74, 6) is -0.235. The fraction of sp³-hybridized carbons (Fsp3) is 0.632. The van der Waals surface area contributed by atoms with Gasteiger partial charge in [-0.2, -0.15) is 0 Å². The molecule has 2 aliphatic rings. The summed E-state index contributed by atoms with van der Waals surface area (Å²) in [5, 5.41) is 2.95. The Balaban J connectivity index is 1.39. The maximum Gasteiger partial charge on any atom is 0.237 e. The highest BCUT2D eigenvalue weighted by Crippen LogP contribution is 2.15. The Kier molecular flexibility index (Phi) is 6.39. The third kappa shape index (κ3) is 5.23. The van der Waals surface area contributed by atoms with Crippen LogP contribution in [0.3, 0.4) is 0 Å². The Morgan fingerprint density at radius 2 is 2.00 bits per heavy atom. The number of amides is 1. The van der Waals surface area contributed by atoms with E-state index >= 15 is 0 Å². The summed E-state index contributed by atoms with van der Waals surface area (Å²) in [6.45, 7) is 8.06. The standard InChI is InChI=1S/C19H28FN3O2/c1-15(19(24)21-13-16-4-6-17(20)7-5-16)23-10-8-22(9-11-23)14-18-3-2-12-25-18/h4-7,15,18H,2-3,8-14H2,1H3,(H,21,24). The van der Waals surface area contributed by atoms with E-state index in [9.17, 15) is 9.18 Å². The van der Waals surface area contributed by atoms with Crippen molar-refractivity contribution in [2.45, 2.75) is 38.5 Å². The van der Waals surface area contributed by atoms with Crippen LogP contribution in [0.4, 0.5) is 4.39 Å². The molecule has 0 saturated carbocycles. The zero-order valence-electron chi connectivity index (χ0n) is 14.9. The van der Waals surface area contributed by atoms with Crippen molar-refractivity contribution in [2.75, 3.05) is 39.3 Å². The van der Waals surface area contributed by atoms with Gasteiger partial charge in [0.1, 0.15) is 5.82 Å². The van der Waals surface area contributed by atoms with Gasteiger partial charge in [-0.25, -0.2) is 4.39 Å². The minimum Gasteiger partial charge on any atom is -0.377 e. The molecule has 0 aromatic heterocycles. The Morgan fingerprint density at radius 3 is 2.64 bits per heavy atom. The third-order valence-corrected chi connectivity index (χ3v) is 5.20. The second-order valence-corrected chi connectivity index (χ2v) is 6.99. The highest BCUT2D eigenvalue weighted by molar-refractivity contribution is 5.81. The van der Waals surface area contributed by atoms with Crippen LogP contribution in [0.5, 0.6) is 0 Å². The number of piperazine rings is 1. The molecule has 1 N–H and O–H groups in total. The van der Waals surface area contributed by atoms with E-state index in [1.165, 1.54) is 25.0 Å². The number of ether oxygens (including phenoxy) is 1. The van der Waals surface area contributed by atoms with Gasteiger partial charge in [0.05, 0.1) is 12.1 Å². The largest absolute Gasteiger partial charge is 0.377 e. The topological polar surface area (TPSA) is 44.8 Å². The molecule has 1 amide bonds. The molecule has 2 aliphatic heterocycles. The molecule has 0 radical (unpaired) electrons. The van der Waals surface area contributed by atoms with Gasteiger partial charge in [0.15, 0.2) is 0 Å². The van der Waals surface area contributed by atoms with E-state index in [1.807, 2.05) is 6.92 Å². The molecule has 0 spiro atoms. The number of hydrogen-bond donors (Lipinski definition) is 1. The summed E-state index contributed by atoms with van der Waals surface area (Å²) < 4.78 is 18.6. The molecule has 2 atom stereocenters. The van der Waals surface area contributed by atoms with E-state index in [1.54, 1.807) is 12.1 Å². The molecular weight excluding hydrogens is 321 g/mol. The molecule has 3 rings (SSSR count). The third-order valence-electron chi connectivity index (χ3n) is 5.20. The maximum absolute atomic E-state index is 12.9. The van der Waals surface area contributed by atoms with Gasteiger partial charge in [0.25, 0.3) is 0 Å². The van der Waals surface area contributed by atoms with Crippen molar-refractivity contribution in [3.8, 4) is 0 Å². The van der Waals surface area contributed by atoms with Crippen LogP contribution in [0.15, 0.2) is 24.3 Å². The van der Waals surface area contributed by atoms with E-state index in [0.29, 0.717) is 12.6 Å². The van der Waals surface area contributed by atoms with Crippen LogP contribution < -0.4 is 5.32 Å². The number of carbonyl (C=O) groups excluding carboxylic acids is 1. The van der Waals surface area contributed by atoms with E-state index in [-0.39, 0.29) is 17.8 Å². The molecule has 2 saturated heterocycles. The van der Waals surface area contributed by atoms with Crippen molar-refractivity contribution in [1.82, 2.24) is 15.1 Å². The van der Waals surface area contributed by atoms with Gasteiger partial charge in [0.2, 0.25) is 5.91 Å². The Hall–Kier alpha value is -1.50. The van der Waals surface area contributed by atoms with Crippen molar-refractivity contribution >= 4 is 5.91 Å². The lowest BCUT2D eigenvalue weighted by atomic mass is 10.1. The molecule has 2 unspecified atom stereocenters. The number of nitrogens with one attached hydrogen (secondary N) is 1. The average Bonchev–Trinajstić information content (AvgIpc) is 3.14. The van der Waals surface area contributed by atoms with Gasteiger partial charge in [0, 0.05) is 45.9 Å². The summed E-state index contributed by atoms with van der Waals surface area (Å²) in [4.78, 5) is 17.1. The summed E-state index contributed by atoms with van der Waals surface area (Å²) in [6.07, 6.45) is 2.74. The van der Waals surface area contributed by atoms with Crippen LogP contribution in [-0.2, 0) is 16.1 Å². The number of halogens is 1. The van der Waals surface area contributed by atoms with Gasteiger partial charge >= 0.3 is 0 Å². The SMILES string of the molecule is CC(C(=O)NCc1ccc(F)cc1)N1CCN(CC2CCCO2)CC1. The molecule has 2 heterocycles. The smallest absolute Gasteiger partial charge is 0.237 e. The molecule has 138 valence electrons. The summed E-state index contributed by atoms with van der Waals surface area (Å²) in [7, 11) is 0. The van der Waals surface area contributed by atoms with E-state index in [0.717, 1.165) is 44.9 Å². The van der Waals surface area contributed by atoms with Crippen LogP contribution in [0, 0.1) is 5.82 Å². The highest BCUT2D eigenvalue weighted by Gasteiger charge is 2.27. The number of nitrogens with zero attached hydrogens (tertiary/aromatic N) is 2. The molecule has 0 aliphatic carbocycles. The van der Waals surface area contributed by atoms with Gasteiger partial charge in [-0.1, -0.05) is 12.1 Å². The lowest BCUT2D eigenvalue weighted by Gasteiger charge is -2.38. The molecule has 5 nitrogen and oxygen atoms in total. The molecule has 1 aromatic carbocycles. The molecular formula is C19H28FN3O2. The van der Waals surface area contributed by atoms with Crippen LogP contribution in [0.2, 0.25) is 0 Å². The summed E-state index contributed by atoms with van der Waals surface area (Å²) in [5.41, 5.74) is 0.906. The van der Waals surface area contributed by atoms with Crippen molar-refractivity contribution < 1.29 is 13.9 Å². The van der Waals surface area contributed by atoms with Crippen molar-refractivity contribution in [3.63, 3.8) is 0 Å². The first kappa shape index (κ1) is 18.3. The number of rotatable bonds is 6. The number of carbonyl (C=O) groups is 1. The minimum absolute atomic E-state index is 0.0249. The second-order valence-electron chi connectivity index (χ2n) is 6.99. The van der Waals surface area contributed by atoms with Crippen molar-refractivity contribution in [1.29, 1.82) is 0 Å². The van der Waals surface area contributed by atoms with E-state index in [2.05, 4.69) is 15.1 Å². The van der Waals surface area contributed by atoms with Gasteiger partial charge in [-0.3, -0.25) is 14.6 Å². The average molecular weight is 349 g/mol. The summed E-state index contributed by atoms with van der Waals surface area (Å²) in [6, 6.07) is 6.08. The van der Waals surface area contributed by atoms with Crippen LogP contribution in [0.1, 0.15) is 25.3 Å². The second kappa shape index (κ2) is 8.74.